The molecule has 3 heterocycles. The molecule has 26 heavy (non-hydrogen) atoms. The fourth-order valence-electron chi connectivity index (χ4n) is 3.12. The van der Waals surface area contributed by atoms with E-state index < -0.39 is 0 Å². The fraction of sp³-hybridized carbons (Fsp3) is 0.211. The Morgan fingerprint density at radius 3 is 2.92 bits per heavy atom. The van der Waals surface area contributed by atoms with Crippen molar-refractivity contribution >= 4 is 34.1 Å². The van der Waals surface area contributed by atoms with Gasteiger partial charge in [0.05, 0.1) is 27.9 Å². The maximum Gasteiger partial charge on any atom is 0.248 e. The summed E-state index contributed by atoms with van der Waals surface area (Å²) in [7, 11) is 0. The number of hydrogen-bond acceptors (Lipinski definition) is 4. The number of nitrogens with one attached hydrogen (secondary N) is 2. The van der Waals surface area contributed by atoms with E-state index in [-0.39, 0.29) is 11.9 Å². The van der Waals surface area contributed by atoms with Crippen molar-refractivity contribution in [3.63, 3.8) is 0 Å². The normalized spacial score (nSPS) is 12.4. The Hall–Kier alpha value is -2.93. The molecule has 0 saturated heterocycles. The van der Waals surface area contributed by atoms with Gasteiger partial charge in [-0.15, -0.1) is 11.3 Å². The van der Waals surface area contributed by atoms with Crippen molar-refractivity contribution in [2.75, 3.05) is 5.32 Å². The first-order valence-corrected chi connectivity index (χ1v) is 9.38. The molecule has 3 aromatic heterocycles. The zero-order valence-electron chi connectivity index (χ0n) is 14.6. The number of rotatable bonds is 5. The average molecular weight is 365 g/mol. The third kappa shape index (κ3) is 2.80. The van der Waals surface area contributed by atoms with E-state index in [9.17, 15) is 4.79 Å². The molecule has 1 aromatic carbocycles. The lowest BCUT2D eigenvalue weighted by Crippen LogP contribution is -2.25. The third-order valence-electron chi connectivity index (χ3n) is 4.53. The Balaban J connectivity index is 1.61. The molecule has 0 aliphatic rings. The number of aromatic nitrogens is 4. The molecule has 1 unspecified atom stereocenters. The van der Waals surface area contributed by atoms with Gasteiger partial charge >= 0.3 is 0 Å². The van der Waals surface area contributed by atoms with Crippen LogP contribution < -0.4 is 5.32 Å². The van der Waals surface area contributed by atoms with Crippen LogP contribution in [0.1, 0.15) is 24.9 Å². The molecule has 2 N–H and O–H groups in total. The maximum absolute atomic E-state index is 12.9. The van der Waals surface area contributed by atoms with Crippen molar-refractivity contribution in [2.24, 2.45) is 0 Å². The second kappa shape index (κ2) is 6.76. The number of para-hydroxylation sites is 2. The number of thiophene rings is 1. The summed E-state index contributed by atoms with van der Waals surface area (Å²) in [6, 6.07) is 11.5. The zero-order chi connectivity index (χ0) is 18.1. The topological polar surface area (TPSA) is 75.6 Å². The first kappa shape index (κ1) is 16.5. The van der Waals surface area contributed by atoms with Crippen LogP contribution in [0.25, 0.3) is 21.6 Å². The van der Waals surface area contributed by atoms with E-state index in [1.54, 1.807) is 17.7 Å². The van der Waals surface area contributed by atoms with Gasteiger partial charge in [0.2, 0.25) is 5.91 Å². The van der Waals surface area contributed by atoms with E-state index in [1.165, 1.54) is 0 Å². The number of fused-ring (bicyclic) bond motifs is 1. The Kier molecular flexibility index (Phi) is 4.30. The predicted octanol–water partition coefficient (Wildman–Crippen LogP) is 4.39. The summed E-state index contributed by atoms with van der Waals surface area (Å²) in [5, 5.41) is 12.3. The molecule has 7 heteroatoms. The predicted molar refractivity (Wildman–Crippen MR) is 104 cm³/mol. The van der Waals surface area contributed by atoms with Crippen molar-refractivity contribution < 1.29 is 4.79 Å². The van der Waals surface area contributed by atoms with Crippen LogP contribution in [-0.2, 0) is 4.79 Å². The molecule has 132 valence electrons. The van der Waals surface area contributed by atoms with Crippen LogP contribution in [0.3, 0.4) is 0 Å². The van der Waals surface area contributed by atoms with Gasteiger partial charge in [0, 0.05) is 5.56 Å². The molecule has 0 saturated carbocycles. The van der Waals surface area contributed by atoms with Gasteiger partial charge in [-0.3, -0.25) is 9.89 Å². The van der Waals surface area contributed by atoms with Crippen molar-refractivity contribution in [1.29, 1.82) is 0 Å². The molecule has 0 bridgehead atoms. The van der Waals surface area contributed by atoms with Crippen molar-refractivity contribution in [3.8, 4) is 10.6 Å². The monoisotopic (exact) mass is 365 g/mol. The van der Waals surface area contributed by atoms with Crippen LogP contribution in [0.4, 0.5) is 5.82 Å². The van der Waals surface area contributed by atoms with Gasteiger partial charge in [0.25, 0.3) is 0 Å². The first-order chi connectivity index (χ1) is 12.7. The van der Waals surface area contributed by atoms with E-state index in [0.29, 0.717) is 12.2 Å². The Morgan fingerprint density at radius 2 is 2.15 bits per heavy atom. The van der Waals surface area contributed by atoms with Gasteiger partial charge in [0.1, 0.15) is 6.04 Å². The Labute approximate surface area is 154 Å². The van der Waals surface area contributed by atoms with Gasteiger partial charge in [-0.2, -0.15) is 5.10 Å². The van der Waals surface area contributed by atoms with Crippen LogP contribution in [0, 0.1) is 6.92 Å². The van der Waals surface area contributed by atoms with Crippen molar-refractivity contribution in [3.05, 3.63) is 53.7 Å². The zero-order valence-corrected chi connectivity index (χ0v) is 15.4. The quantitative estimate of drug-likeness (QED) is 0.551. The summed E-state index contributed by atoms with van der Waals surface area (Å²) in [5.74, 6) is 0.476. The number of imidazole rings is 1. The Morgan fingerprint density at radius 1 is 1.31 bits per heavy atom. The van der Waals surface area contributed by atoms with Crippen molar-refractivity contribution in [1.82, 2.24) is 19.7 Å². The van der Waals surface area contributed by atoms with Crippen LogP contribution in [-0.4, -0.2) is 25.7 Å². The number of carbonyl (C=O) groups excluding carboxylic acids is 1. The highest BCUT2D eigenvalue weighted by Gasteiger charge is 2.22. The van der Waals surface area contributed by atoms with Crippen molar-refractivity contribution in [2.45, 2.75) is 26.3 Å². The SMILES string of the molecule is CCC(C(=O)Nc1n[nH]c(-c2cccs2)c1C)n1cnc2ccccc21. The molecule has 1 atom stereocenters. The molecule has 0 radical (unpaired) electrons. The highest BCUT2D eigenvalue weighted by molar-refractivity contribution is 7.13. The summed E-state index contributed by atoms with van der Waals surface area (Å²) in [6.45, 7) is 3.95. The van der Waals surface area contributed by atoms with E-state index in [0.717, 1.165) is 27.2 Å². The molecule has 0 aliphatic carbocycles. The molecule has 1 amide bonds. The van der Waals surface area contributed by atoms with E-state index in [4.69, 9.17) is 0 Å². The fourth-order valence-corrected chi connectivity index (χ4v) is 3.89. The molecule has 4 rings (SSSR count). The van der Waals surface area contributed by atoms with Gasteiger partial charge in [0.15, 0.2) is 5.82 Å². The molecule has 0 aliphatic heterocycles. The second-order valence-corrected chi connectivity index (χ2v) is 7.05. The molecular formula is C19H19N5OS. The van der Waals surface area contributed by atoms with Gasteiger partial charge in [-0.1, -0.05) is 25.1 Å². The molecule has 0 spiro atoms. The van der Waals surface area contributed by atoms with E-state index in [1.807, 2.05) is 60.2 Å². The number of benzene rings is 1. The summed E-state index contributed by atoms with van der Waals surface area (Å²) in [6.07, 6.45) is 2.39. The lowest BCUT2D eigenvalue weighted by Gasteiger charge is -2.17. The summed E-state index contributed by atoms with van der Waals surface area (Å²) >= 11 is 1.64. The smallest absolute Gasteiger partial charge is 0.248 e. The molecular weight excluding hydrogens is 346 g/mol. The standard InChI is InChI=1S/C19H19N5OS/c1-3-14(24-11-20-13-7-4-5-8-15(13)24)19(25)21-18-12(2)17(22-23-18)16-9-6-10-26-16/h4-11,14H,3H2,1-2H3,(H2,21,22,23,25). The van der Waals surface area contributed by atoms with E-state index >= 15 is 0 Å². The number of hydrogen-bond donors (Lipinski definition) is 2. The molecule has 6 nitrogen and oxygen atoms in total. The Bertz CT molecular complexity index is 1050. The largest absolute Gasteiger partial charge is 0.318 e. The number of amides is 1. The summed E-state index contributed by atoms with van der Waals surface area (Å²) in [4.78, 5) is 18.4. The number of aromatic amines is 1. The molecule has 4 aromatic rings. The van der Waals surface area contributed by atoms with Gasteiger partial charge < -0.3 is 9.88 Å². The number of anilines is 1. The average Bonchev–Trinajstić information content (AvgIpc) is 3.38. The first-order valence-electron chi connectivity index (χ1n) is 8.50. The maximum atomic E-state index is 12.9. The van der Waals surface area contributed by atoms with Crippen LogP contribution in [0.15, 0.2) is 48.1 Å². The number of carbonyl (C=O) groups is 1. The third-order valence-corrected chi connectivity index (χ3v) is 5.41. The second-order valence-electron chi connectivity index (χ2n) is 6.10. The van der Waals surface area contributed by atoms with Crippen LogP contribution in [0.2, 0.25) is 0 Å². The minimum absolute atomic E-state index is 0.0945. The molecule has 0 fully saturated rings. The highest BCUT2D eigenvalue weighted by Crippen LogP contribution is 2.30. The number of H-pyrrole nitrogens is 1. The number of nitrogens with zero attached hydrogens (tertiary/aromatic N) is 3. The van der Waals surface area contributed by atoms with Crippen LogP contribution >= 0.6 is 11.3 Å². The summed E-state index contributed by atoms with van der Waals surface area (Å²) in [5.41, 5.74) is 3.71. The van der Waals surface area contributed by atoms with Gasteiger partial charge in [-0.25, -0.2) is 4.98 Å². The summed E-state index contributed by atoms with van der Waals surface area (Å²) < 4.78 is 1.92. The van der Waals surface area contributed by atoms with E-state index in [2.05, 4.69) is 20.5 Å². The minimum Gasteiger partial charge on any atom is -0.318 e. The lowest BCUT2D eigenvalue weighted by molar-refractivity contribution is -0.119. The van der Waals surface area contributed by atoms with Gasteiger partial charge in [-0.05, 0) is 36.9 Å². The highest BCUT2D eigenvalue weighted by atomic mass is 32.1. The minimum atomic E-state index is -0.344. The lowest BCUT2D eigenvalue weighted by atomic mass is 10.2. The van der Waals surface area contributed by atoms with Crippen LogP contribution in [0.5, 0.6) is 0 Å².